The van der Waals surface area contributed by atoms with Crippen molar-refractivity contribution in [1.82, 2.24) is 35.1 Å². The first-order valence-electron chi connectivity index (χ1n) is 10.7. The fraction of sp³-hybridized carbons (Fsp3) is 0.261. The number of tetrazole rings is 1. The number of nitrogens with two attached hydrogens (primary N) is 1. The molecular formula is C23H24F2N8O2. The summed E-state index contributed by atoms with van der Waals surface area (Å²) in [5.74, 6) is -1.83. The van der Waals surface area contributed by atoms with E-state index in [2.05, 4.69) is 25.5 Å². The Bertz CT molecular complexity index is 1330. The van der Waals surface area contributed by atoms with E-state index in [9.17, 15) is 4.39 Å². The number of rotatable bonds is 9. The van der Waals surface area contributed by atoms with E-state index in [1.165, 1.54) is 19.2 Å². The van der Waals surface area contributed by atoms with Gasteiger partial charge in [-0.1, -0.05) is 0 Å². The molecule has 0 unspecified atom stereocenters. The number of nitrogen functional groups attached to an aromatic ring is 1. The van der Waals surface area contributed by atoms with E-state index < -0.39 is 11.6 Å². The summed E-state index contributed by atoms with van der Waals surface area (Å²) in [5.41, 5.74) is 7.68. The van der Waals surface area contributed by atoms with Crippen LogP contribution in [-0.4, -0.2) is 69.4 Å². The molecule has 0 atom stereocenters. The average molecular weight is 482 g/mol. The minimum atomic E-state index is -1.15. The second-order valence-electron chi connectivity index (χ2n) is 7.87. The number of halogens is 2. The largest absolute Gasteiger partial charge is 0.490 e. The molecule has 0 spiro atoms. The Balaban J connectivity index is 1.67. The Hall–Kier alpha value is -4.19. The summed E-state index contributed by atoms with van der Waals surface area (Å²) < 4.78 is 41.5. The number of anilines is 1. The van der Waals surface area contributed by atoms with Crippen molar-refractivity contribution in [1.29, 1.82) is 0 Å². The summed E-state index contributed by atoms with van der Waals surface area (Å²) in [4.78, 5) is 10.3. The quantitative estimate of drug-likeness (QED) is 0.359. The van der Waals surface area contributed by atoms with Crippen LogP contribution in [0.5, 0.6) is 11.6 Å². The summed E-state index contributed by atoms with van der Waals surface area (Å²) in [6.07, 6.45) is 3.83. The molecule has 0 aliphatic heterocycles. The SMILES string of the molecule is COc1cc(-c2cnc(N)c(-c3nnnn3-c3ccc(OCCCN(C)C)c(F)c3F)c2)ccn1. The van der Waals surface area contributed by atoms with Crippen LogP contribution >= 0.6 is 0 Å². The van der Waals surface area contributed by atoms with Crippen LogP contribution in [0, 0.1) is 11.6 Å². The maximum Gasteiger partial charge on any atom is 0.213 e. The number of nitrogens with zero attached hydrogens (tertiary/aromatic N) is 7. The summed E-state index contributed by atoms with van der Waals surface area (Å²) in [7, 11) is 5.36. The fourth-order valence-electron chi connectivity index (χ4n) is 3.39. The molecule has 0 aliphatic rings. The maximum absolute atomic E-state index is 15.0. The molecule has 1 aromatic carbocycles. The zero-order valence-electron chi connectivity index (χ0n) is 19.4. The van der Waals surface area contributed by atoms with Gasteiger partial charge in [-0.25, -0.2) is 14.4 Å². The van der Waals surface area contributed by atoms with Crippen LogP contribution in [0.15, 0.2) is 42.7 Å². The normalized spacial score (nSPS) is 11.1. The van der Waals surface area contributed by atoms with Gasteiger partial charge in [0.15, 0.2) is 17.4 Å². The number of benzene rings is 1. The van der Waals surface area contributed by atoms with Crippen molar-refractivity contribution in [3.63, 3.8) is 0 Å². The lowest BCUT2D eigenvalue weighted by molar-refractivity contribution is 0.267. The molecule has 0 amide bonds. The summed E-state index contributed by atoms with van der Waals surface area (Å²) in [6, 6.07) is 7.90. The zero-order chi connectivity index (χ0) is 24.9. The van der Waals surface area contributed by atoms with Gasteiger partial charge in [0.2, 0.25) is 11.7 Å². The molecule has 3 heterocycles. The predicted molar refractivity (Wildman–Crippen MR) is 125 cm³/mol. The molecule has 2 N–H and O–H groups in total. The molecule has 0 saturated carbocycles. The van der Waals surface area contributed by atoms with Gasteiger partial charge in [-0.2, -0.15) is 9.07 Å². The van der Waals surface area contributed by atoms with Crippen molar-refractivity contribution in [2.24, 2.45) is 0 Å². The van der Waals surface area contributed by atoms with E-state index in [-0.39, 0.29) is 29.7 Å². The Morgan fingerprint density at radius 3 is 2.66 bits per heavy atom. The third-order valence-electron chi connectivity index (χ3n) is 5.17. The molecule has 10 nitrogen and oxygen atoms in total. The average Bonchev–Trinajstić information content (AvgIpc) is 3.34. The van der Waals surface area contributed by atoms with Crippen LogP contribution in [0.1, 0.15) is 6.42 Å². The van der Waals surface area contributed by atoms with Gasteiger partial charge in [0.1, 0.15) is 11.5 Å². The highest BCUT2D eigenvalue weighted by atomic mass is 19.2. The summed E-state index contributed by atoms with van der Waals surface area (Å²) in [6.45, 7) is 1.01. The van der Waals surface area contributed by atoms with Crippen LogP contribution in [0.25, 0.3) is 28.2 Å². The van der Waals surface area contributed by atoms with Crippen LogP contribution in [0.2, 0.25) is 0 Å². The van der Waals surface area contributed by atoms with Crippen molar-refractivity contribution in [3.05, 3.63) is 54.4 Å². The van der Waals surface area contributed by atoms with Gasteiger partial charge < -0.3 is 20.1 Å². The molecule has 0 bridgehead atoms. The number of ether oxygens (including phenoxy) is 2. The van der Waals surface area contributed by atoms with E-state index in [0.29, 0.717) is 23.4 Å². The molecule has 182 valence electrons. The lowest BCUT2D eigenvalue weighted by Gasteiger charge is -2.13. The van der Waals surface area contributed by atoms with Gasteiger partial charge in [-0.15, -0.1) is 5.10 Å². The Kier molecular flexibility index (Phi) is 7.11. The lowest BCUT2D eigenvalue weighted by atomic mass is 10.1. The predicted octanol–water partition coefficient (Wildman–Crippen LogP) is 2.99. The van der Waals surface area contributed by atoms with Gasteiger partial charge in [0, 0.05) is 30.6 Å². The van der Waals surface area contributed by atoms with Crippen molar-refractivity contribution in [2.45, 2.75) is 6.42 Å². The molecule has 4 aromatic rings. The second-order valence-corrected chi connectivity index (χ2v) is 7.87. The van der Waals surface area contributed by atoms with Gasteiger partial charge in [0.25, 0.3) is 0 Å². The van der Waals surface area contributed by atoms with E-state index in [0.717, 1.165) is 16.8 Å². The zero-order valence-corrected chi connectivity index (χ0v) is 19.4. The summed E-state index contributed by atoms with van der Waals surface area (Å²) >= 11 is 0. The van der Waals surface area contributed by atoms with Crippen molar-refractivity contribution < 1.29 is 18.3 Å². The van der Waals surface area contributed by atoms with E-state index in [1.54, 1.807) is 30.6 Å². The molecule has 0 aliphatic carbocycles. The van der Waals surface area contributed by atoms with Crippen LogP contribution < -0.4 is 15.2 Å². The molecule has 3 aromatic heterocycles. The first kappa shape index (κ1) is 24.0. The van der Waals surface area contributed by atoms with Gasteiger partial charge >= 0.3 is 0 Å². The molecule has 4 rings (SSSR count). The Labute approximate surface area is 200 Å². The molecular weight excluding hydrogens is 458 g/mol. The highest BCUT2D eigenvalue weighted by Gasteiger charge is 2.22. The highest BCUT2D eigenvalue weighted by Crippen LogP contribution is 2.32. The maximum atomic E-state index is 15.0. The van der Waals surface area contributed by atoms with E-state index >= 15 is 4.39 Å². The minimum Gasteiger partial charge on any atom is -0.490 e. The van der Waals surface area contributed by atoms with Crippen LogP contribution in [0.3, 0.4) is 0 Å². The minimum absolute atomic E-state index is 0.0934. The van der Waals surface area contributed by atoms with Crippen molar-refractivity contribution in [2.75, 3.05) is 40.1 Å². The monoisotopic (exact) mass is 482 g/mol. The topological polar surface area (TPSA) is 117 Å². The van der Waals surface area contributed by atoms with E-state index in [4.69, 9.17) is 15.2 Å². The third kappa shape index (κ3) is 5.17. The number of pyridine rings is 2. The van der Waals surface area contributed by atoms with Gasteiger partial charge in [0.05, 0.1) is 19.3 Å². The van der Waals surface area contributed by atoms with Gasteiger partial charge in [-0.3, -0.25) is 0 Å². The van der Waals surface area contributed by atoms with Crippen molar-refractivity contribution >= 4 is 5.82 Å². The van der Waals surface area contributed by atoms with Gasteiger partial charge in [-0.05, 0) is 60.8 Å². The number of hydrogen-bond donors (Lipinski definition) is 1. The lowest BCUT2D eigenvalue weighted by Crippen LogP contribution is -2.16. The molecule has 35 heavy (non-hydrogen) atoms. The highest BCUT2D eigenvalue weighted by molar-refractivity contribution is 5.76. The number of methoxy groups -OCH3 is 1. The number of hydrogen-bond acceptors (Lipinski definition) is 9. The first-order valence-corrected chi connectivity index (χ1v) is 10.7. The Morgan fingerprint density at radius 1 is 1.06 bits per heavy atom. The number of aromatic nitrogens is 6. The second kappa shape index (κ2) is 10.4. The molecule has 12 heteroatoms. The van der Waals surface area contributed by atoms with Crippen molar-refractivity contribution in [3.8, 4) is 39.8 Å². The first-order chi connectivity index (χ1) is 16.9. The molecule has 0 radical (unpaired) electrons. The molecule has 0 fully saturated rings. The molecule has 0 saturated heterocycles. The standard InChI is InChI=1S/C23H24F2N8O2/c1-32(2)9-4-10-35-18-6-5-17(20(24)21(18)25)33-23(29-30-31-33)16-11-15(13-28-22(16)26)14-7-8-27-19(12-14)34-3/h5-8,11-13H,4,9-10H2,1-3H3,(H2,26,28). The Morgan fingerprint density at radius 2 is 1.89 bits per heavy atom. The van der Waals surface area contributed by atoms with Crippen LogP contribution in [-0.2, 0) is 0 Å². The third-order valence-corrected chi connectivity index (χ3v) is 5.17. The fourth-order valence-corrected chi connectivity index (χ4v) is 3.39. The van der Waals surface area contributed by atoms with Crippen LogP contribution in [0.4, 0.5) is 14.6 Å². The summed E-state index contributed by atoms with van der Waals surface area (Å²) in [5, 5.41) is 11.5. The van der Waals surface area contributed by atoms with E-state index in [1.807, 2.05) is 19.0 Å². The smallest absolute Gasteiger partial charge is 0.213 e.